The monoisotopic (exact) mass is 394 g/mol. The SMILES string of the molecule is CCOc1cc2c(cc1/C=N\n1c(-c3ccc(C)cc3)n[nH]c1=S)O[C@@H](C)C2. The van der Waals surface area contributed by atoms with Gasteiger partial charge in [-0.25, -0.2) is 5.10 Å². The van der Waals surface area contributed by atoms with Crippen LogP contribution in [0.2, 0.25) is 0 Å². The summed E-state index contributed by atoms with van der Waals surface area (Å²) >= 11 is 5.37. The van der Waals surface area contributed by atoms with E-state index in [2.05, 4.69) is 22.2 Å². The number of aryl methyl sites for hydroxylation is 1. The number of hydrogen-bond acceptors (Lipinski definition) is 5. The lowest BCUT2D eigenvalue weighted by atomic mass is 10.1. The lowest BCUT2D eigenvalue weighted by molar-refractivity contribution is 0.254. The third-order valence-electron chi connectivity index (χ3n) is 4.60. The molecule has 1 atom stereocenters. The van der Waals surface area contributed by atoms with Crippen molar-refractivity contribution in [1.82, 2.24) is 14.9 Å². The molecule has 0 fully saturated rings. The average Bonchev–Trinajstić information content (AvgIpc) is 3.22. The van der Waals surface area contributed by atoms with Crippen LogP contribution in [0, 0.1) is 11.7 Å². The Labute approximate surface area is 168 Å². The number of rotatable bonds is 5. The highest BCUT2D eigenvalue weighted by atomic mass is 32.1. The molecule has 6 nitrogen and oxygen atoms in total. The molecule has 1 aromatic heterocycles. The molecule has 1 aliphatic heterocycles. The van der Waals surface area contributed by atoms with Crippen LogP contribution < -0.4 is 9.47 Å². The van der Waals surface area contributed by atoms with E-state index in [0.29, 0.717) is 17.2 Å². The maximum absolute atomic E-state index is 5.88. The number of aromatic amines is 1. The second kappa shape index (κ2) is 7.59. The van der Waals surface area contributed by atoms with Crippen molar-refractivity contribution in [3.8, 4) is 22.9 Å². The van der Waals surface area contributed by atoms with Gasteiger partial charge in [-0.1, -0.05) is 29.8 Å². The van der Waals surface area contributed by atoms with Gasteiger partial charge in [-0.3, -0.25) is 0 Å². The molecule has 3 aromatic rings. The van der Waals surface area contributed by atoms with Crippen molar-refractivity contribution in [3.05, 3.63) is 57.9 Å². The Morgan fingerprint density at radius 1 is 1.36 bits per heavy atom. The van der Waals surface area contributed by atoms with E-state index in [1.165, 1.54) is 5.56 Å². The van der Waals surface area contributed by atoms with E-state index in [1.54, 1.807) is 10.9 Å². The van der Waals surface area contributed by atoms with Gasteiger partial charge in [0.2, 0.25) is 4.77 Å². The molecule has 0 radical (unpaired) electrons. The molecule has 4 rings (SSSR count). The number of nitrogens with one attached hydrogen (secondary N) is 1. The molecule has 2 aromatic carbocycles. The van der Waals surface area contributed by atoms with Gasteiger partial charge in [-0.05, 0) is 45.1 Å². The van der Waals surface area contributed by atoms with Crippen LogP contribution in [0.4, 0.5) is 0 Å². The summed E-state index contributed by atoms with van der Waals surface area (Å²) in [6, 6.07) is 12.1. The minimum absolute atomic E-state index is 0.173. The van der Waals surface area contributed by atoms with Gasteiger partial charge in [0.1, 0.15) is 17.6 Å². The fraction of sp³-hybridized carbons (Fsp3) is 0.286. The van der Waals surface area contributed by atoms with E-state index in [0.717, 1.165) is 34.6 Å². The number of aromatic nitrogens is 3. The zero-order valence-electron chi connectivity index (χ0n) is 16.1. The first-order valence-corrected chi connectivity index (χ1v) is 9.71. The number of fused-ring (bicyclic) bond motifs is 1. The lowest BCUT2D eigenvalue weighted by Crippen LogP contribution is -2.05. The molecule has 0 saturated heterocycles. The van der Waals surface area contributed by atoms with Crippen LogP contribution in [0.15, 0.2) is 41.5 Å². The fourth-order valence-corrected chi connectivity index (χ4v) is 3.42. The summed E-state index contributed by atoms with van der Waals surface area (Å²) in [4.78, 5) is 0. The van der Waals surface area contributed by atoms with Crippen LogP contribution in [-0.4, -0.2) is 33.8 Å². The van der Waals surface area contributed by atoms with Crippen LogP contribution in [0.1, 0.15) is 30.5 Å². The minimum atomic E-state index is 0.173. The van der Waals surface area contributed by atoms with E-state index >= 15 is 0 Å². The lowest BCUT2D eigenvalue weighted by Gasteiger charge is -2.09. The predicted molar refractivity (Wildman–Crippen MR) is 112 cm³/mol. The first-order valence-electron chi connectivity index (χ1n) is 9.30. The van der Waals surface area contributed by atoms with Gasteiger partial charge in [-0.2, -0.15) is 14.9 Å². The molecule has 0 spiro atoms. The van der Waals surface area contributed by atoms with Gasteiger partial charge in [0.05, 0.1) is 12.8 Å². The van der Waals surface area contributed by atoms with Gasteiger partial charge in [0.25, 0.3) is 0 Å². The summed E-state index contributed by atoms with van der Waals surface area (Å²) in [6.45, 7) is 6.66. The predicted octanol–water partition coefficient (Wildman–Crippen LogP) is 4.52. The van der Waals surface area contributed by atoms with Crippen LogP contribution in [0.25, 0.3) is 11.4 Å². The van der Waals surface area contributed by atoms with Crippen LogP contribution >= 0.6 is 12.2 Å². The zero-order valence-corrected chi connectivity index (χ0v) is 16.9. The number of ether oxygens (including phenoxy) is 2. The van der Waals surface area contributed by atoms with Crippen molar-refractivity contribution in [2.24, 2.45) is 5.10 Å². The summed E-state index contributed by atoms with van der Waals surface area (Å²) < 4.78 is 13.7. The number of benzene rings is 2. The molecule has 7 heteroatoms. The molecule has 0 aliphatic carbocycles. The Morgan fingerprint density at radius 2 is 2.14 bits per heavy atom. The van der Waals surface area contributed by atoms with Crippen LogP contribution in [0.5, 0.6) is 11.5 Å². The molecule has 144 valence electrons. The second-order valence-corrected chi connectivity index (χ2v) is 7.22. The van der Waals surface area contributed by atoms with Crippen LogP contribution in [-0.2, 0) is 6.42 Å². The second-order valence-electron chi connectivity index (χ2n) is 6.84. The zero-order chi connectivity index (χ0) is 19.7. The van der Waals surface area contributed by atoms with Crippen molar-refractivity contribution in [3.63, 3.8) is 0 Å². The summed E-state index contributed by atoms with van der Waals surface area (Å²) in [5, 5.41) is 11.7. The molecule has 0 unspecified atom stereocenters. The largest absolute Gasteiger partial charge is 0.493 e. The quantitative estimate of drug-likeness (QED) is 0.510. The van der Waals surface area contributed by atoms with E-state index in [9.17, 15) is 0 Å². The van der Waals surface area contributed by atoms with Crippen molar-refractivity contribution >= 4 is 18.4 Å². The first kappa shape index (κ1) is 18.4. The van der Waals surface area contributed by atoms with E-state index in [4.69, 9.17) is 21.7 Å². The standard InChI is InChI=1S/C21H22N4O2S/c1-4-26-18-10-16-9-14(3)27-19(16)11-17(18)12-22-25-20(23-24-21(25)28)15-7-5-13(2)6-8-15/h5-8,10-12,14H,4,9H2,1-3H3,(H,24,28)/b22-12-/t14-/m0/s1. The Hall–Kier alpha value is -2.93. The van der Waals surface area contributed by atoms with E-state index in [-0.39, 0.29) is 6.10 Å². The number of nitrogens with zero attached hydrogens (tertiary/aromatic N) is 3. The maximum Gasteiger partial charge on any atom is 0.216 e. The highest BCUT2D eigenvalue weighted by Gasteiger charge is 2.21. The molecule has 1 aliphatic rings. The fourth-order valence-electron chi connectivity index (χ4n) is 3.24. The Bertz CT molecular complexity index is 1080. The van der Waals surface area contributed by atoms with E-state index < -0.39 is 0 Å². The van der Waals surface area contributed by atoms with Crippen molar-refractivity contribution < 1.29 is 9.47 Å². The summed E-state index contributed by atoms with van der Waals surface area (Å²) in [5.41, 5.74) is 4.12. The van der Waals surface area contributed by atoms with Crippen LogP contribution in [0.3, 0.4) is 0 Å². The maximum atomic E-state index is 5.88. The highest BCUT2D eigenvalue weighted by molar-refractivity contribution is 7.71. The van der Waals surface area contributed by atoms with E-state index in [1.807, 2.05) is 50.2 Å². The van der Waals surface area contributed by atoms with Crippen molar-refractivity contribution in [2.75, 3.05) is 6.61 Å². The molecule has 1 N–H and O–H groups in total. The molecule has 0 saturated carbocycles. The third kappa shape index (κ3) is 3.57. The molecular formula is C21H22N4O2S. The summed E-state index contributed by atoms with van der Waals surface area (Å²) in [7, 11) is 0. The van der Waals surface area contributed by atoms with Gasteiger partial charge >= 0.3 is 0 Å². The third-order valence-corrected chi connectivity index (χ3v) is 4.87. The normalized spacial score (nSPS) is 15.6. The Kier molecular flexibility index (Phi) is 5.00. The molecule has 0 bridgehead atoms. The van der Waals surface area contributed by atoms with Gasteiger partial charge < -0.3 is 9.47 Å². The average molecular weight is 395 g/mol. The number of hydrogen-bond donors (Lipinski definition) is 1. The van der Waals surface area contributed by atoms with Crippen molar-refractivity contribution in [2.45, 2.75) is 33.3 Å². The topological polar surface area (TPSA) is 64.4 Å². The van der Waals surface area contributed by atoms with Crippen molar-refractivity contribution in [1.29, 1.82) is 0 Å². The van der Waals surface area contributed by atoms with Gasteiger partial charge in [0, 0.05) is 23.1 Å². The summed E-state index contributed by atoms with van der Waals surface area (Å²) in [6.07, 6.45) is 2.80. The van der Waals surface area contributed by atoms with Gasteiger partial charge in [0.15, 0.2) is 5.82 Å². The highest BCUT2D eigenvalue weighted by Crippen LogP contribution is 2.34. The number of H-pyrrole nitrogens is 1. The molecular weight excluding hydrogens is 372 g/mol. The smallest absolute Gasteiger partial charge is 0.216 e. The molecule has 28 heavy (non-hydrogen) atoms. The minimum Gasteiger partial charge on any atom is -0.493 e. The molecule has 0 amide bonds. The van der Waals surface area contributed by atoms with Gasteiger partial charge in [-0.15, -0.1) is 0 Å². The first-order chi connectivity index (χ1) is 13.5. The summed E-state index contributed by atoms with van der Waals surface area (Å²) in [5.74, 6) is 2.33. The Balaban J connectivity index is 1.72. The Morgan fingerprint density at radius 3 is 2.89 bits per heavy atom. The molecule has 2 heterocycles.